The minimum atomic E-state index is 0.268. The van der Waals surface area contributed by atoms with E-state index in [1.807, 2.05) is 24.3 Å². The number of anilines is 1. The van der Waals surface area contributed by atoms with Gasteiger partial charge in [0.15, 0.2) is 0 Å². The summed E-state index contributed by atoms with van der Waals surface area (Å²) in [4.78, 5) is 16.8. The number of hydrogen-bond acceptors (Lipinski definition) is 5. The van der Waals surface area contributed by atoms with Gasteiger partial charge in [-0.05, 0) is 32.0 Å². The zero-order chi connectivity index (χ0) is 16.4. The molecule has 4 N–H and O–H groups in total. The molecule has 3 aromatic rings. The highest BCUT2D eigenvalue weighted by Gasteiger charge is 2.22. The highest BCUT2D eigenvalue weighted by atomic mass is 15.0. The number of nitrogens with two attached hydrogens (primary N) is 1. The number of rotatable bonds is 3. The van der Waals surface area contributed by atoms with Crippen molar-refractivity contribution in [1.29, 1.82) is 0 Å². The van der Waals surface area contributed by atoms with Crippen LogP contribution in [0.5, 0.6) is 0 Å². The first-order chi connectivity index (χ1) is 11.8. The molecule has 0 spiro atoms. The fraction of sp³-hybridized carbons (Fsp3) is 0.278. The largest absolute Gasteiger partial charge is 0.368 e. The summed E-state index contributed by atoms with van der Waals surface area (Å²) in [5.41, 5.74) is 9.44. The summed E-state index contributed by atoms with van der Waals surface area (Å²) in [7, 11) is 0. The first-order valence-electron chi connectivity index (χ1n) is 8.26. The van der Waals surface area contributed by atoms with Crippen LogP contribution in [-0.4, -0.2) is 33.0 Å². The summed E-state index contributed by atoms with van der Waals surface area (Å²) >= 11 is 0. The van der Waals surface area contributed by atoms with Gasteiger partial charge in [-0.15, -0.1) is 0 Å². The molecule has 6 heteroatoms. The van der Waals surface area contributed by atoms with E-state index >= 15 is 0 Å². The number of imidazole rings is 1. The van der Waals surface area contributed by atoms with Gasteiger partial charge < -0.3 is 16.0 Å². The van der Waals surface area contributed by atoms with Crippen LogP contribution in [0.25, 0.3) is 22.6 Å². The summed E-state index contributed by atoms with van der Waals surface area (Å²) in [6.45, 7) is 2.06. The average Bonchev–Trinajstić information content (AvgIpc) is 3.09. The molecule has 0 saturated carbocycles. The molecule has 0 bridgehead atoms. The van der Waals surface area contributed by atoms with Crippen LogP contribution in [0.4, 0.5) is 5.95 Å². The van der Waals surface area contributed by atoms with Gasteiger partial charge in [0.25, 0.3) is 0 Å². The van der Waals surface area contributed by atoms with E-state index in [9.17, 15) is 0 Å². The van der Waals surface area contributed by atoms with Gasteiger partial charge in [0, 0.05) is 17.7 Å². The van der Waals surface area contributed by atoms with Crippen molar-refractivity contribution in [2.75, 3.05) is 18.8 Å². The van der Waals surface area contributed by atoms with Crippen molar-refractivity contribution in [3.8, 4) is 22.6 Å². The lowest BCUT2D eigenvalue weighted by Crippen LogP contribution is -2.27. The van der Waals surface area contributed by atoms with E-state index < -0.39 is 0 Å². The molecule has 6 nitrogen and oxygen atoms in total. The Morgan fingerprint density at radius 3 is 2.54 bits per heavy atom. The summed E-state index contributed by atoms with van der Waals surface area (Å²) < 4.78 is 0. The van der Waals surface area contributed by atoms with Crippen molar-refractivity contribution in [3.63, 3.8) is 0 Å². The first-order valence-corrected chi connectivity index (χ1v) is 8.26. The summed E-state index contributed by atoms with van der Waals surface area (Å²) in [5.74, 6) is 1.74. The van der Waals surface area contributed by atoms with Crippen LogP contribution in [0.3, 0.4) is 0 Å². The predicted octanol–water partition coefficient (Wildman–Crippen LogP) is 2.58. The van der Waals surface area contributed by atoms with Gasteiger partial charge >= 0.3 is 0 Å². The quantitative estimate of drug-likeness (QED) is 0.690. The lowest BCUT2D eigenvalue weighted by molar-refractivity contribution is 0.447. The number of benzene rings is 1. The highest BCUT2D eigenvalue weighted by molar-refractivity contribution is 5.76. The Bertz CT molecular complexity index is 821. The molecule has 1 aliphatic heterocycles. The zero-order valence-corrected chi connectivity index (χ0v) is 13.4. The molecule has 4 rings (SSSR count). The van der Waals surface area contributed by atoms with Crippen LogP contribution in [0, 0.1) is 0 Å². The van der Waals surface area contributed by atoms with E-state index in [1.54, 1.807) is 6.20 Å². The second-order valence-corrected chi connectivity index (χ2v) is 6.04. The van der Waals surface area contributed by atoms with Crippen LogP contribution in [0.1, 0.15) is 24.6 Å². The Kier molecular flexibility index (Phi) is 3.96. The molecule has 1 aliphatic rings. The molecule has 1 saturated heterocycles. The second-order valence-electron chi connectivity index (χ2n) is 6.04. The Morgan fingerprint density at radius 1 is 1.00 bits per heavy atom. The fourth-order valence-electron chi connectivity index (χ4n) is 3.18. The molecule has 0 radical (unpaired) electrons. The molecule has 0 atom stereocenters. The van der Waals surface area contributed by atoms with Gasteiger partial charge in [0.1, 0.15) is 5.82 Å². The molecule has 24 heavy (non-hydrogen) atoms. The molecule has 3 heterocycles. The van der Waals surface area contributed by atoms with Crippen molar-refractivity contribution in [2.24, 2.45) is 0 Å². The van der Waals surface area contributed by atoms with E-state index in [-0.39, 0.29) is 5.95 Å². The maximum atomic E-state index is 5.77. The average molecular weight is 320 g/mol. The molecule has 0 unspecified atom stereocenters. The third kappa shape index (κ3) is 2.88. The maximum Gasteiger partial charge on any atom is 0.220 e. The van der Waals surface area contributed by atoms with Crippen molar-refractivity contribution in [3.05, 3.63) is 48.4 Å². The van der Waals surface area contributed by atoms with Crippen LogP contribution >= 0.6 is 0 Å². The molecular weight excluding hydrogens is 300 g/mol. The van der Waals surface area contributed by atoms with E-state index in [2.05, 4.69) is 32.4 Å². The summed E-state index contributed by atoms with van der Waals surface area (Å²) in [6.07, 6.45) is 3.86. The number of nitrogens with one attached hydrogen (secondary N) is 2. The van der Waals surface area contributed by atoms with Crippen molar-refractivity contribution in [2.45, 2.75) is 18.8 Å². The molecule has 2 aromatic heterocycles. The van der Waals surface area contributed by atoms with Crippen LogP contribution in [0.2, 0.25) is 0 Å². The second kappa shape index (κ2) is 6.41. The standard InChI is InChI=1S/C18H20N6/c19-18-21-11-8-14(22-18)16-15(12-4-2-1-3-5-12)23-17(24-16)13-6-9-20-10-7-13/h1-5,8,11,13,20H,6-7,9-10H2,(H,23,24)(H2,19,21,22). The van der Waals surface area contributed by atoms with Crippen molar-refractivity contribution >= 4 is 5.95 Å². The van der Waals surface area contributed by atoms with E-state index in [0.29, 0.717) is 5.92 Å². The summed E-state index contributed by atoms with van der Waals surface area (Å²) in [6, 6.07) is 12.0. The normalized spacial score (nSPS) is 15.5. The number of aromatic amines is 1. The highest BCUT2D eigenvalue weighted by Crippen LogP contribution is 2.33. The molecule has 1 fully saturated rings. The summed E-state index contributed by atoms with van der Waals surface area (Å²) in [5, 5.41) is 3.40. The number of H-pyrrole nitrogens is 1. The Labute approximate surface area is 140 Å². The van der Waals surface area contributed by atoms with Gasteiger partial charge in [-0.1, -0.05) is 30.3 Å². The van der Waals surface area contributed by atoms with E-state index in [0.717, 1.165) is 54.4 Å². The number of aromatic nitrogens is 4. The molecule has 122 valence electrons. The topological polar surface area (TPSA) is 92.5 Å². The monoisotopic (exact) mass is 320 g/mol. The fourth-order valence-corrected chi connectivity index (χ4v) is 3.18. The SMILES string of the molecule is Nc1nccc(-c2[nH]c(C3CCNCC3)nc2-c2ccccc2)n1. The van der Waals surface area contributed by atoms with E-state index in [1.165, 1.54) is 0 Å². The third-order valence-electron chi connectivity index (χ3n) is 4.43. The first kappa shape index (κ1) is 14.8. The van der Waals surface area contributed by atoms with Gasteiger partial charge in [-0.3, -0.25) is 0 Å². The Morgan fingerprint density at radius 2 is 1.79 bits per heavy atom. The smallest absolute Gasteiger partial charge is 0.220 e. The third-order valence-corrected chi connectivity index (χ3v) is 4.43. The minimum Gasteiger partial charge on any atom is -0.368 e. The minimum absolute atomic E-state index is 0.268. The van der Waals surface area contributed by atoms with Gasteiger partial charge in [0.2, 0.25) is 5.95 Å². The number of piperidine rings is 1. The number of nitrogens with zero attached hydrogens (tertiary/aromatic N) is 3. The Balaban J connectivity index is 1.82. The molecule has 0 aliphatic carbocycles. The van der Waals surface area contributed by atoms with Crippen molar-refractivity contribution < 1.29 is 0 Å². The van der Waals surface area contributed by atoms with Gasteiger partial charge in [-0.2, -0.15) is 0 Å². The Hall–Kier alpha value is -2.73. The molecule has 0 amide bonds. The van der Waals surface area contributed by atoms with Gasteiger partial charge in [0.05, 0.1) is 17.1 Å². The van der Waals surface area contributed by atoms with E-state index in [4.69, 9.17) is 10.7 Å². The zero-order valence-electron chi connectivity index (χ0n) is 13.4. The molecular formula is C18H20N6. The van der Waals surface area contributed by atoms with Crippen LogP contribution in [0.15, 0.2) is 42.6 Å². The van der Waals surface area contributed by atoms with Crippen LogP contribution in [-0.2, 0) is 0 Å². The number of hydrogen-bond donors (Lipinski definition) is 3. The molecule has 1 aromatic carbocycles. The van der Waals surface area contributed by atoms with Gasteiger partial charge in [-0.25, -0.2) is 15.0 Å². The van der Waals surface area contributed by atoms with Crippen LogP contribution < -0.4 is 11.1 Å². The van der Waals surface area contributed by atoms with Crippen molar-refractivity contribution in [1.82, 2.24) is 25.3 Å². The lowest BCUT2D eigenvalue weighted by Gasteiger charge is -2.20. The predicted molar refractivity (Wildman–Crippen MR) is 94.3 cm³/mol. The number of nitrogen functional groups attached to an aromatic ring is 1. The maximum absolute atomic E-state index is 5.77. The lowest BCUT2D eigenvalue weighted by atomic mass is 9.98.